The minimum absolute atomic E-state index is 0.0186. The highest BCUT2D eigenvalue weighted by atomic mass is 16.5. The van der Waals surface area contributed by atoms with Gasteiger partial charge in [0.15, 0.2) is 0 Å². The van der Waals surface area contributed by atoms with Gasteiger partial charge < -0.3 is 14.2 Å². The van der Waals surface area contributed by atoms with Crippen molar-refractivity contribution in [3.63, 3.8) is 0 Å². The topological polar surface area (TPSA) is 92.4 Å². The number of hydrogen-bond acceptors (Lipinski definition) is 8. The zero-order valence-electron chi connectivity index (χ0n) is 23.0. The Morgan fingerprint density at radius 1 is 1.19 bits per heavy atom. The molecule has 2 aliphatic rings. The third-order valence-corrected chi connectivity index (χ3v) is 8.00. The van der Waals surface area contributed by atoms with E-state index in [1.165, 1.54) is 7.11 Å². The van der Waals surface area contributed by atoms with Crippen molar-refractivity contribution in [1.82, 2.24) is 14.6 Å². The van der Waals surface area contributed by atoms with Crippen molar-refractivity contribution in [2.45, 2.75) is 72.0 Å². The summed E-state index contributed by atoms with van der Waals surface area (Å²) in [5.41, 5.74) is 3.59. The largest absolute Gasteiger partial charge is 0.469 e. The summed E-state index contributed by atoms with van der Waals surface area (Å²) >= 11 is 0. The number of aryl methyl sites for hydroxylation is 2. The Morgan fingerprint density at radius 2 is 1.97 bits per heavy atom. The Labute approximate surface area is 219 Å². The number of anilines is 1. The summed E-state index contributed by atoms with van der Waals surface area (Å²) < 4.78 is 6.83. The summed E-state index contributed by atoms with van der Waals surface area (Å²) in [6.45, 7) is 10.4. The van der Waals surface area contributed by atoms with Crippen LogP contribution in [0.15, 0.2) is 45.6 Å². The standard InChI is InChI=1S/C28H40N6O3/c1-7-9-19-10-13-25(35)34(16-19)18-24-26(30-31-32(24)5)22-11-12-23(21(8-2)29-22)33-15-14-20(17-33)28(3,4)27(36)37-6/h10-13,16,20,24,26H,7-9,14-15,17-18H2,1-6H3/t20-,24?,26?/m1/s1. The molecule has 37 heavy (non-hydrogen) atoms. The molecule has 4 rings (SSSR count). The van der Waals surface area contributed by atoms with Gasteiger partial charge in [0, 0.05) is 32.4 Å². The van der Waals surface area contributed by atoms with E-state index < -0.39 is 5.41 Å². The molecule has 0 N–H and O–H groups in total. The summed E-state index contributed by atoms with van der Waals surface area (Å²) in [6, 6.07) is 7.38. The summed E-state index contributed by atoms with van der Waals surface area (Å²) in [4.78, 5) is 32.3. The van der Waals surface area contributed by atoms with Crippen molar-refractivity contribution in [3.8, 4) is 0 Å². The smallest absolute Gasteiger partial charge is 0.311 e. The zero-order valence-corrected chi connectivity index (χ0v) is 23.0. The molecule has 2 aliphatic heterocycles. The fourth-order valence-electron chi connectivity index (χ4n) is 5.54. The van der Waals surface area contributed by atoms with E-state index in [4.69, 9.17) is 9.72 Å². The summed E-state index contributed by atoms with van der Waals surface area (Å²) in [6.07, 6.45) is 5.65. The van der Waals surface area contributed by atoms with Crippen molar-refractivity contribution < 1.29 is 9.53 Å². The molecule has 0 spiro atoms. The zero-order chi connectivity index (χ0) is 26.7. The molecule has 3 atom stereocenters. The monoisotopic (exact) mass is 508 g/mol. The summed E-state index contributed by atoms with van der Waals surface area (Å²) in [5.74, 6) is 0.0532. The molecule has 2 aromatic heterocycles. The number of methoxy groups -OCH3 is 1. The van der Waals surface area contributed by atoms with Gasteiger partial charge in [0.1, 0.15) is 6.04 Å². The Kier molecular flexibility index (Phi) is 7.99. The van der Waals surface area contributed by atoms with E-state index in [-0.39, 0.29) is 29.5 Å². The highest BCUT2D eigenvalue weighted by Gasteiger charge is 2.42. The molecule has 0 aromatic carbocycles. The third-order valence-electron chi connectivity index (χ3n) is 8.00. The minimum atomic E-state index is -0.530. The van der Waals surface area contributed by atoms with E-state index in [2.05, 4.69) is 35.2 Å². The van der Waals surface area contributed by atoms with E-state index in [1.54, 1.807) is 10.6 Å². The number of aromatic nitrogens is 2. The molecule has 0 aliphatic carbocycles. The second-order valence-corrected chi connectivity index (χ2v) is 10.8. The number of esters is 1. The van der Waals surface area contributed by atoms with Gasteiger partial charge >= 0.3 is 5.97 Å². The second-order valence-electron chi connectivity index (χ2n) is 10.8. The van der Waals surface area contributed by atoms with Crippen LogP contribution in [0.25, 0.3) is 0 Å². The Balaban J connectivity index is 1.55. The fourth-order valence-corrected chi connectivity index (χ4v) is 5.54. The van der Waals surface area contributed by atoms with Crippen molar-refractivity contribution in [2.75, 3.05) is 32.1 Å². The first kappa shape index (κ1) is 26.8. The van der Waals surface area contributed by atoms with Gasteiger partial charge in [0.05, 0.1) is 42.2 Å². The Bertz CT molecular complexity index is 1210. The lowest BCUT2D eigenvalue weighted by Gasteiger charge is -2.29. The molecule has 1 fully saturated rings. The lowest BCUT2D eigenvalue weighted by molar-refractivity contribution is -0.153. The molecule has 2 aromatic rings. The van der Waals surface area contributed by atoms with Crippen LogP contribution in [0.5, 0.6) is 0 Å². The van der Waals surface area contributed by atoms with Crippen molar-refractivity contribution in [3.05, 3.63) is 57.8 Å². The number of carbonyl (C=O) groups is 1. The molecule has 2 unspecified atom stereocenters. The van der Waals surface area contributed by atoms with Gasteiger partial charge in [-0.15, -0.1) is 0 Å². The van der Waals surface area contributed by atoms with Crippen molar-refractivity contribution in [2.24, 2.45) is 21.7 Å². The maximum Gasteiger partial charge on any atom is 0.311 e. The lowest BCUT2D eigenvalue weighted by Crippen LogP contribution is -2.36. The number of ether oxygens (including phenoxy) is 1. The highest BCUT2D eigenvalue weighted by Crippen LogP contribution is 2.39. The molecule has 0 radical (unpaired) electrons. The lowest BCUT2D eigenvalue weighted by atomic mass is 9.78. The SMILES string of the molecule is CCCc1ccc(=O)n(CC2C(c3ccc(N4CC[C@@H](C(C)(C)C(=O)OC)C4)c(CC)n3)N=NN2C)c1. The summed E-state index contributed by atoms with van der Waals surface area (Å²) in [5, 5.41) is 10.7. The molecule has 4 heterocycles. The summed E-state index contributed by atoms with van der Waals surface area (Å²) in [7, 11) is 3.36. The van der Waals surface area contributed by atoms with Gasteiger partial charge in [0.25, 0.3) is 5.56 Å². The fraction of sp³-hybridized carbons (Fsp3) is 0.607. The maximum atomic E-state index is 12.6. The molecular formula is C28H40N6O3. The van der Waals surface area contributed by atoms with E-state index in [0.717, 1.165) is 61.4 Å². The van der Waals surface area contributed by atoms with Crippen LogP contribution in [0.4, 0.5) is 5.69 Å². The van der Waals surface area contributed by atoms with Crippen LogP contribution in [-0.2, 0) is 28.9 Å². The van der Waals surface area contributed by atoms with E-state index in [1.807, 2.05) is 44.2 Å². The Morgan fingerprint density at radius 3 is 2.68 bits per heavy atom. The molecule has 1 saturated heterocycles. The average molecular weight is 509 g/mol. The molecular weight excluding hydrogens is 468 g/mol. The highest BCUT2D eigenvalue weighted by molar-refractivity contribution is 5.76. The number of nitrogens with zero attached hydrogens (tertiary/aromatic N) is 6. The molecule has 200 valence electrons. The molecule has 0 saturated carbocycles. The quantitative estimate of drug-likeness (QED) is 0.471. The molecule has 0 amide bonds. The van der Waals surface area contributed by atoms with Gasteiger partial charge in [-0.2, -0.15) is 5.11 Å². The number of likely N-dealkylation sites (N-methyl/N-ethyl adjacent to an activating group) is 1. The number of hydrogen-bond donors (Lipinski definition) is 0. The third kappa shape index (κ3) is 5.40. The minimum Gasteiger partial charge on any atom is -0.469 e. The van der Waals surface area contributed by atoms with Crippen molar-refractivity contribution >= 4 is 11.7 Å². The van der Waals surface area contributed by atoms with Crippen LogP contribution < -0.4 is 10.5 Å². The van der Waals surface area contributed by atoms with Crippen LogP contribution >= 0.6 is 0 Å². The van der Waals surface area contributed by atoms with Crippen LogP contribution in [0.2, 0.25) is 0 Å². The average Bonchev–Trinajstić information content (AvgIpc) is 3.53. The van der Waals surface area contributed by atoms with Crippen LogP contribution in [0.1, 0.15) is 63.5 Å². The van der Waals surface area contributed by atoms with Gasteiger partial charge in [-0.05, 0) is 56.7 Å². The Hall–Kier alpha value is -3.23. The van der Waals surface area contributed by atoms with E-state index in [0.29, 0.717) is 6.54 Å². The van der Waals surface area contributed by atoms with E-state index in [9.17, 15) is 9.59 Å². The number of rotatable bonds is 9. The number of carbonyl (C=O) groups excluding carboxylic acids is 1. The molecule has 0 bridgehead atoms. The van der Waals surface area contributed by atoms with Crippen molar-refractivity contribution in [1.29, 1.82) is 0 Å². The predicted octanol–water partition coefficient (Wildman–Crippen LogP) is 4.21. The van der Waals surface area contributed by atoms with E-state index >= 15 is 0 Å². The van der Waals surface area contributed by atoms with Crippen LogP contribution in [0.3, 0.4) is 0 Å². The van der Waals surface area contributed by atoms with Gasteiger partial charge in [-0.1, -0.05) is 31.6 Å². The van der Waals surface area contributed by atoms with Gasteiger partial charge in [-0.25, -0.2) is 0 Å². The second kappa shape index (κ2) is 11.0. The molecule has 9 nitrogen and oxygen atoms in total. The maximum absolute atomic E-state index is 12.6. The number of pyridine rings is 2. The first-order valence-corrected chi connectivity index (χ1v) is 13.4. The first-order valence-electron chi connectivity index (χ1n) is 13.4. The van der Waals surface area contributed by atoms with Crippen LogP contribution in [0, 0.1) is 11.3 Å². The van der Waals surface area contributed by atoms with Gasteiger partial charge in [-0.3, -0.25) is 19.6 Å². The molecule has 9 heteroatoms. The first-order chi connectivity index (χ1) is 17.7. The predicted molar refractivity (Wildman–Crippen MR) is 144 cm³/mol. The van der Waals surface area contributed by atoms with Gasteiger partial charge in [0.2, 0.25) is 0 Å². The normalized spacial score (nSPS) is 21.6. The van der Waals surface area contributed by atoms with Crippen LogP contribution in [-0.4, -0.2) is 53.8 Å².